The maximum Gasteiger partial charge on any atom is 0.123 e. The van der Waals surface area contributed by atoms with Crippen molar-refractivity contribution < 1.29 is 4.74 Å². The average molecular weight is 244 g/mol. The fraction of sp³-hybridized carbons (Fsp3) is 0.200. The van der Waals surface area contributed by atoms with E-state index >= 15 is 0 Å². The molecule has 0 N–H and O–H groups in total. The van der Waals surface area contributed by atoms with E-state index in [0.717, 1.165) is 5.75 Å². The lowest BCUT2D eigenvalue weighted by molar-refractivity contribution is 0.390. The van der Waals surface area contributed by atoms with Gasteiger partial charge in [-0.25, -0.2) is 0 Å². The normalized spacial score (nSPS) is 10.3. The Morgan fingerprint density at radius 2 is 1.76 bits per heavy atom. The largest absolute Gasteiger partial charge is 0.489 e. The maximum absolute atomic E-state index is 5.60. The van der Waals surface area contributed by atoms with Crippen molar-refractivity contribution in [2.45, 2.75) is 13.8 Å². The van der Waals surface area contributed by atoms with E-state index in [1.807, 2.05) is 0 Å². The molecule has 17 heavy (non-hydrogen) atoms. The minimum absolute atomic E-state index is 0.623. The summed E-state index contributed by atoms with van der Waals surface area (Å²) in [6.45, 7) is 4.20. The molecule has 0 fully saturated rings. The number of hydrogen-bond acceptors (Lipinski definition) is 1. The fourth-order valence-corrected chi connectivity index (χ4v) is 2.09. The van der Waals surface area contributed by atoms with Crippen LogP contribution in [0.4, 0.5) is 0 Å². The fourth-order valence-electron chi connectivity index (χ4n) is 1.91. The quantitative estimate of drug-likeness (QED) is 0.736. The molecule has 2 rings (SSSR count). The van der Waals surface area contributed by atoms with Crippen LogP contribution in [0.1, 0.15) is 11.1 Å². The van der Waals surface area contributed by atoms with E-state index in [-0.39, 0.29) is 0 Å². The van der Waals surface area contributed by atoms with Gasteiger partial charge in [0.1, 0.15) is 12.1 Å². The lowest BCUT2D eigenvalue weighted by Gasteiger charge is -2.11. The molecular weight excluding hydrogens is 227 g/mol. The highest BCUT2D eigenvalue weighted by atomic mass is 31.0. The smallest absolute Gasteiger partial charge is 0.123 e. The van der Waals surface area contributed by atoms with Gasteiger partial charge in [-0.05, 0) is 42.2 Å². The van der Waals surface area contributed by atoms with Crippen molar-refractivity contribution in [3.05, 3.63) is 53.6 Å². The molecular formula is C15H17OP. The second-order valence-corrected chi connectivity index (χ2v) is 4.44. The van der Waals surface area contributed by atoms with Gasteiger partial charge in [0.2, 0.25) is 0 Å². The van der Waals surface area contributed by atoms with Crippen molar-refractivity contribution in [1.82, 2.24) is 0 Å². The maximum atomic E-state index is 5.60. The Kier molecular flexibility index (Phi) is 3.81. The monoisotopic (exact) mass is 244 g/mol. The molecule has 0 radical (unpaired) electrons. The van der Waals surface area contributed by atoms with Gasteiger partial charge in [-0.2, -0.15) is 0 Å². The predicted octanol–water partition coefficient (Wildman–Crippen LogP) is 4.18. The highest BCUT2D eigenvalue weighted by Gasteiger charge is 2.04. The van der Waals surface area contributed by atoms with Crippen LogP contribution in [0.15, 0.2) is 42.5 Å². The number of rotatable bonds is 3. The lowest BCUT2D eigenvalue weighted by atomic mass is 9.99. The van der Waals surface area contributed by atoms with Crippen LogP contribution in [0.2, 0.25) is 0 Å². The molecule has 2 aromatic carbocycles. The van der Waals surface area contributed by atoms with Gasteiger partial charge < -0.3 is 4.74 Å². The van der Waals surface area contributed by atoms with E-state index in [1.165, 1.54) is 22.3 Å². The molecule has 0 spiro atoms. The Morgan fingerprint density at radius 3 is 2.47 bits per heavy atom. The van der Waals surface area contributed by atoms with Crippen LogP contribution >= 0.6 is 9.24 Å². The van der Waals surface area contributed by atoms with Crippen LogP contribution < -0.4 is 4.74 Å². The molecule has 0 aromatic heterocycles. The third-order valence-electron chi connectivity index (χ3n) is 2.88. The first-order chi connectivity index (χ1) is 8.22. The van der Waals surface area contributed by atoms with Crippen LogP contribution in [-0.4, -0.2) is 6.35 Å². The molecule has 0 saturated heterocycles. The SMILES string of the molecule is Cc1ccc(-c2ccccc2C)cc1OCP. The molecule has 0 heterocycles. The van der Waals surface area contributed by atoms with Crippen molar-refractivity contribution in [3.8, 4) is 16.9 Å². The molecule has 2 heteroatoms. The third-order valence-corrected chi connectivity index (χ3v) is 3.05. The Labute approximate surface area is 105 Å². The van der Waals surface area contributed by atoms with Gasteiger partial charge in [-0.1, -0.05) is 45.6 Å². The van der Waals surface area contributed by atoms with Crippen LogP contribution in [0.25, 0.3) is 11.1 Å². The highest BCUT2D eigenvalue weighted by Crippen LogP contribution is 2.29. The molecule has 0 aliphatic carbocycles. The Hall–Kier alpha value is -1.33. The van der Waals surface area contributed by atoms with Gasteiger partial charge in [-0.3, -0.25) is 0 Å². The van der Waals surface area contributed by atoms with Crippen molar-refractivity contribution in [3.63, 3.8) is 0 Å². The first kappa shape index (κ1) is 12.1. The summed E-state index contributed by atoms with van der Waals surface area (Å²) in [5, 5.41) is 0. The molecule has 0 aliphatic heterocycles. The molecule has 1 unspecified atom stereocenters. The highest BCUT2D eigenvalue weighted by molar-refractivity contribution is 7.16. The molecule has 88 valence electrons. The Bertz CT molecular complexity index is 520. The Morgan fingerprint density at radius 1 is 1.00 bits per heavy atom. The number of aryl methyl sites for hydroxylation is 2. The van der Waals surface area contributed by atoms with E-state index in [1.54, 1.807) is 0 Å². The van der Waals surface area contributed by atoms with E-state index in [4.69, 9.17) is 4.74 Å². The lowest BCUT2D eigenvalue weighted by Crippen LogP contribution is -1.92. The topological polar surface area (TPSA) is 9.23 Å². The van der Waals surface area contributed by atoms with Gasteiger partial charge in [0, 0.05) is 0 Å². The number of benzene rings is 2. The first-order valence-corrected chi connectivity index (χ1v) is 6.53. The van der Waals surface area contributed by atoms with Crippen LogP contribution in [0, 0.1) is 13.8 Å². The molecule has 1 nitrogen and oxygen atoms in total. The van der Waals surface area contributed by atoms with Crippen LogP contribution in [-0.2, 0) is 0 Å². The average Bonchev–Trinajstić information content (AvgIpc) is 2.33. The number of ether oxygens (including phenoxy) is 1. The Balaban J connectivity index is 2.46. The van der Waals surface area contributed by atoms with Crippen molar-refractivity contribution >= 4 is 9.24 Å². The van der Waals surface area contributed by atoms with E-state index in [9.17, 15) is 0 Å². The second kappa shape index (κ2) is 5.33. The second-order valence-electron chi connectivity index (χ2n) is 4.11. The summed E-state index contributed by atoms with van der Waals surface area (Å²) < 4.78 is 5.60. The zero-order valence-electron chi connectivity index (χ0n) is 10.2. The summed E-state index contributed by atoms with van der Waals surface area (Å²) in [5.41, 5.74) is 4.93. The molecule has 0 bridgehead atoms. The molecule has 0 saturated carbocycles. The van der Waals surface area contributed by atoms with Gasteiger partial charge in [0.15, 0.2) is 0 Å². The van der Waals surface area contributed by atoms with Crippen molar-refractivity contribution in [2.75, 3.05) is 6.35 Å². The summed E-state index contributed by atoms with van der Waals surface area (Å²) in [6, 6.07) is 14.8. The van der Waals surface area contributed by atoms with Gasteiger partial charge in [-0.15, -0.1) is 0 Å². The summed E-state index contributed by atoms with van der Waals surface area (Å²) >= 11 is 0. The zero-order chi connectivity index (χ0) is 12.3. The van der Waals surface area contributed by atoms with Gasteiger partial charge >= 0.3 is 0 Å². The summed E-state index contributed by atoms with van der Waals surface area (Å²) in [4.78, 5) is 0. The van der Waals surface area contributed by atoms with Crippen molar-refractivity contribution in [1.29, 1.82) is 0 Å². The first-order valence-electron chi connectivity index (χ1n) is 5.72. The van der Waals surface area contributed by atoms with E-state index < -0.39 is 0 Å². The standard InChI is InChI=1S/C15H17OP/c1-11-5-3-4-6-14(11)13-8-7-12(2)15(9-13)16-10-17/h3-9H,10,17H2,1-2H3. The van der Waals surface area contributed by atoms with E-state index in [0.29, 0.717) is 6.35 Å². The molecule has 0 amide bonds. The molecule has 0 aliphatic rings. The van der Waals surface area contributed by atoms with Crippen LogP contribution in [0.5, 0.6) is 5.75 Å². The third kappa shape index (κ3) is 2.68. The van der Waals surface area contributed by atoms with Gasteiger partial charge in [0.05, 0.1) is 0 Å². The van der Waals surface area contributed by atoms with Crippen LogP contribution in [0.3, 0.4) is 0 Å². The van der Waals surface area contributed by atoms with E-state index in [2.05, 4.69) is 65.6 Å². The zero-order valence-corrected chi connectivity index (χ0v) is 11.4. The minimum Gasteiger partial charge on any atom is -0.489 e. The predicted molar refractivity (Wildman–Crippen MR) is 76.6 cm³/mol. The number of hydrogen-bond donors (Lipinski definition) is 0. The summed E-state index contributed by atoms with van der Waals surface area (Å²) in [6.07, 6.45) is 0.623. The summed E-state index contributed by atoms with van der Waals surface area (Å²) in [5.74, 6) is 0.959. The van der Waals surface area contributed by atoms with Gasteiger partial charge in [0.25, 0.3) is 0 Å². The van der Waals surface area contributed by atoms with Crippen molar-refractivity contribution in [2.24, 2.45) is 0 Å². The summed E-state index contributed by atoms with van der Waals surface area (Å²) in [7, 11) is 2.58. The molecule has 2 aromatic rings. The molecule has 1 atom stereocenters. The minimum atomic E-state index is 0.623.